The van der Waals surface area contributed by atoms with Crippen LogP contribution in [-0.2, 0) is 0 Å². The monoisotopic (exact) mass is 549 g/mol. The zero-order valence-corrected chi connectivity index (χ0v) is 23.4. The molecular weight excluding hydrogens is 522 g/mol. The van der Waals surface area contributed by atoms with E-state index in [1.165, 1.54) is 21.8 Å². The van der Waals surface area contributed by atoms with Crippen molar-refractivity contribution in [2.75, 3.05) is 0 Å². The zero-order valence-electron chi connectivity index (χ0n) is 23.4. The first-order valence-electron chi connectivity index (χ1n) is 14.5. The summed E-state index contributed by atoms with van der Waals surface area (Å²) in [7, 11) is 0. The highest BCUT2D eigenvalue weighted by Gasteiger charge is 2.13. The molecule has 0 aliphatic carbocycles. The van der Waals surface area contributed by atoms with Gasteiger partial charge < -0.3 is 4.57 Å². The van der Waals surface area contributed by atoms with Crippen LogP contribution < -0.4 is 0 Å². The van der Waals surface area contributed by atoms with Crippen LogP contribution in [0.3, 0.4) is 0 Å². The van der Waals surface area contributed by atoms with Crippen molar-refractivity contribution >= 4 is 21.8 Å². The number of hydrogen-bond donors (Lipinski definition) is 0. The van der Waals surface area contributed by atoms with Gasteiger partial charge in [0, 0.05) is 33.2 Å². The Morgan fingerprint density at radius 2 is 0.837 bits per heavy atom. The lowest BCUT2D eigenvalue weighted by Crippen LogP contribution is -1.96. The van der Waals surface area contributed by atoms with Gasteiger partial charge in [-0.25, -0.2) is 9.97 Å². The van der Waals surface area contributed by atoms with Gasteiger partial charge in [0.1, 0.15) is 0 Å². The lowest BCUT2D eigenvalue weighted by atomic mass is 10.0. The molecule has 2 aromatic heterocycles. The van der Waals surface area contributed by atoms with Gasteiger partial charge in [0.25, 0.3) is 0 Å². The number of hydrogen-bond acceptors (Lipinski definition) is 2. The predicted octanol–water partition coefficient (Wildman–Crippen LogP) is 10.2. The van der Waals surface area contributed by atoms with Crippen molar-refractivity contribution in [2.45, 2.75) is 0 Å². The number of benzene rings is 6. The summed E-state index contributed by atoms with van der Waals surface area (Å²) < 4.78 is 2.35. The van der Waals surface area contributed by atoms with Crippen molar-refractivity contribution in [1.82, 2.24) is 14.5 Å². The van der Waals surface area contributed by atoms with Gasteiger partial charge in [-0.2, -0.15) is 0 Å². The molecule has 8 rings (SSSR count). The van der Waals surface area contributed by atoms with E-state index in [1.54, 1.807) is 0 Å². The Hall–Kier alpha value is -5.80. The molecule has 0 N–H and O–H groups in total. The molecule has 0 aliphatic heterocycles. The van der Waals surface area contributed by atoms with Crippen LogP contribution >= 0.6 is 0 Å². The van der Waals surface area contributed by atoms with Crippen LogP contribution in [0.5, 0.6) is 0 Å². The molecular formula is C40H27N3. The Morgan fingerprint density at radius 3 is 1.42 bits per heavy atom. The van der Waals surface area contributed by atoms with Crippen LogP contribution in [0.1, 0.15) is 0 Å². The molecule has 0 aliphatic rings. The van der Waals surface area contributed by atoms with E-state index < -0.39 is 0 Å². The number of aromatic nitrogens is 3. The maximum Gasteiger partial charge on any atom is 0.160 e. The summed E-state index contributed by atoms with van der Waals surface area (Å²) in [5.41, 5.74) is 10.8. The minimum Gasteiger partial charge on any atom is -0.309 e. The number of fused-ring (bicyclic) bond motifs is 3. The van der Waals surface area contributed by atoms with Gasteiger partial charge in [-0.1, -0.05) is 127 Å². The Bertz CT molecular complexity index is 2100. The Balaban J connectivity index is 1.20. The van der Waals surface area contributed by atoms with Crippen molar-refractivity contribution in [3.8, 4) is 50.7 Å². The third kappa shape index (κ3) is 4.58. The average Bonchev–Trinajstić information content (AvgIpc) is 3.43. The molecule has 3 nitrogen and oxygen atoms in total. The Kier molecular flexibility index (Phi) is 6.12. The molecule has 0 spiro atoms. The topological polar surface area (TPSA) is 30.7 Å². The van der Waals surface area contributed by atoms with Crippen LogP contribution in [0.15, 0.2) is 164 Å². The summed E-state index contributed by atoms with van der Waals surface area (Å²) in [4.78, 5) is 10.1. The summed E-state index contributed by atoms with van der Waals surface area (Å²) in [6.07, 6.45) is 0. The third-order valence-corrected chi connectivity index (χ3v) is 8.02. The van der Waals surface area contributed by atoms with Crippen LogP contribution in [0.25, 0.3) is 72.5 Å². The molecule has 0 unspecified atom stereocenters. The van der Waals surface area contributed by atoms with Crippen molar-refractivity contribution in [2.24, 2.45) is 0 Å². The van der Waals surface area contributed by atoms with Gasteiger partial charge in [0.15, 0.2) is 5.82 Å². The van der Waals surface area contributed by atoms with Crippen LogP contribution in [0, 0.1) is 0 Å². The van der Waals surface area contributed by atoms with E-state index in [0.717, 1.165) is 44.9 Å². The van der Waals surface area contributed by atoms with Gasteiger partial charge >= 0.3 is 0 Å². The van der Waals surface area contributed by atoms with Crippen molar-refractivity contribution in [1.29, 1.82) is 0 Å². The molecule has 43 heavy (non-hydrogen) atoms. The molecule has 0 bridgehead atoms. The molecule has 202 valence electrons. The molecule has 0 saturated heterocycles. The largest absolute Gasteiger partial charge is 0.309 e. The summed E-state index contributed by atoms with van der Waals surface area (Å²) >= 11 is 0. The number of para-hydroxylation sites is 2. The van der Waals surface area contributed by atoms with Gasteiger partial charge in [-0.3, -0.25) is 0 Å². The summed E-state index contributed by atoms with van der Waals surface area (Å²) in [6.45, 7) is 0. The zero-order chi connectivity index (χ0) is 28.6. The smallest absolute Gasteiger partial charge is 0.160 e. The molecule has 0 saturated carbocycles. The first-order chi connectivity index (χ1) is 21.3. The molecule has 3 heteroatoms. The van der Waals surface area contributed by atoms with E-state index >= 15 is 0 Å². The Labute approximate surface area is 250 Å². The van der Waals surface area contributed by atoms with Gasteiger partial charge in [0.05, 0.1) is 22.4 Å². The molecule has 0 radical (unpaired) electrons. The highest BCUT2D eigenvalue weighted by molar-refractivity contribution is 6.09. The fourth-order valence-corrected chi connectivity index (χ4v) is 5.93. The van der Waals surface area contributed by atoms with Gasteiger partial charge in [0.2, 0.25) is 0 Å². The minimum atomic E-state index is 0.712. The molecule has 0 amide bonds. The first kappa shape index (κ1) is 25.0. The van der Waals surface area contributed by atoms with Crippen LogP contribution in [-0.4, -0.2) is 14.5 Å². The van der Waals surface area contributed by atoms with Crippen molar-refractivity contribution < 1.29 is 0 Å². The highest BCUT2D eigenvalue weighted by atomic mass is 15.0. The maximum absolute atomic E-state index is 5.03. The SMILES string of the molecule is c1ccc(-c2cc(-c3ccccc3)nc(-c3cccc(-c4ccc(-n5c6ccccc6c6ccccc65)cc4)c3)n2)cc1. The maximum atomic E-state index is 5.03. The second-order valence-corrected chi connectivity index (χ2v) is 10.7. The Morgan fingerprint density at radius 1 is 0.349 bits per heavy atom. The quantitative estimate of drug-likeness (QED) is 0.214. The fourth-order valence-electron chi connectivity index (χ4n) is 5.93. The third-order valence-electron chi connectivity index (χ3n) is 8.02. The van der Waals surface area contributed by atoms with E-state index in [0.29, 0.717) is 5.82 Å². The standard InChI is InChI=1S/C40H27N3/c1-3-12-29(13-4-1)36-27-37(30-14-5-2-6-15-30)42-40(41-36)32-17-11-16-31(26-32)28-22-24-33(25-23-28)43-38-20-9-7-18-34(38)35-19-8-10-21-39(35)43/h1-27H. The summed E-state index contributed by atoms with van der Waals surface area (Å²) in [5, 5.41) is 2.53. The molecule has 8 aromatic rings. The summed E-state index contributed by atoms with van der Waals surface area (Å²) in [5.74, 6) is 0.712. The first-order valence-corrected chi connectivity index (χ1v) is 14.5. The van der Waals surface area contributed by atoms with E-state index in [1.807, 2.05) is 36.4 Å². The predicted molar refractivity (Wildman–Crippen MR) is 178 cm³/mol. The molecule has 6 aromatic carbocycles. The lowest BCUT2D eigenvalue weighted by Gasteiger charge is -2.11. The fraction of sp³-hybridized carbons (Fsp3) is 0. The lowest BCUT2D eigenvalue weighted by molar-refractivity contribution is 1.18. The second kappa shape index (κ2) is 10.6. The minimum absolute atomic E-state index is 0.712. The molecule has 0 atom stereocenters. The number of nitrogens with zero attached hydrogens (tertiary/aromatic N) is 3. The van der Waals surface area contributed by atoms with E-state index in [-0.39, 0.29) is 0 Å². The van der Waals surface area contributed by atoms with Gasteiger partial charge in [-0.05, 0) is 47.5 Å². The highest BCUT2D eigenvalue weighted by Crippen LogP contribution is 2.34. The van der Waals surface area contributed by atoms with E-state index in [9.17, 15) is 0 Å². The summed E-state index contributed by atoms with van der Waals surface area (Å²) in [6, 6.07) is 57.2. The van der Waals surface area contributed by atoms with Gasteiger partial charge in [-0.15, -0.1) is 0 Å². The second-order valence-electron chi connectivity index (χ2n) is 10.7. The molecule has 2 heterocycles. The van der Waals surface area contributed by atoms with Crippen molar-refractivity contribution in [3.63, 3.8) is 0 Å². The van der Waals surface area contributed by atoms with E-state index in [2.05, 4.69) is 132 Å². The average molecular weight is 550 g/mol. The van der Waals surface area contributed by atoms with Crippen LogP contribution in [0.4, 0.5) is 0 Å². The van der Waals surface area contributed by atoms with Crippen LogP contribution in [0.2, 0.25) is 0 Å². The number of rotatable bonds is 5. The molecule has 0 fully saturated rings. The van der Waals surface area contributed by atoms with Crippen molar-refractivity contribution in [3.05, 3.63) is 164 Å². The van der Waals surface area contributed by atoms with E-state index in [4.69, 9.17) is 9.97 Å². The normalized spacial score (nSPS) is 11.3.